The fraction of sp³-hybridized carbons (Fsp3) is 0.367. The molecule has 2 atom stereocenters. The highest BCUT2D eigenvalue weighted by molar-refractivity contribution is 5.96. The van der Waals surface area contributed by atoms with Crippen LogP contribution in [0.2, 0.25) is 0 Å². The fourth-order valence-electron chi connectivity index (χ4n) is 5.10. The monoisotopic (exact) mass is 564 g/mol. The topological polar surface area (TPSA) is 140 Å². The van der Waals surface area contributed by atoms with E-state index in [0.29, 0.717) is 47.7 Å². The molecule has 2 aliphatic rings. The number of rotatable bonds is 8. The van der Waals surface area contributed by atoms with Gasteiger partial charge in [0.25, 0.3) is 5.91 Å². The zero-order valence-electron chi connectivity index (χ0n) is 23.6. The second-order valence-electron chi connectivity index (χ2n) is 10.2. The number of ether oxygens (including phenoxy) is 1. The van der Waals surface area contributed by atoms with E-state index in [2.05, 4.69) is 9.84 Å². The summed E-state index contributed by atoms with van der Waals surface area (Å²) in [6, 6.07) is 11.9. The van der Waals surface area contributed by atoms with Crippen LogP contribution in [0.15, 0.2) is 60.6 Å². The Balaban J connectivity index is 0.000000909. The van der Waals surface area contributed by atoms with Crippen molar-refractivity contribution in [2.24, 2.45) is 17.5 Å². The van der Waals surface area contributed by atoms with Crippen LogP contribution in [-0.2, 0) is 4.74 Å². The molecule has 1 aliphatic carbocycles. The van der Waals surface area contributed by atoms with E-state index < -0.39 is 11.8 Å². The van der Waals surface area contributed by atoms with Crippen molar-refractivity contribution in [1.82, 2.24) is 19.7 Å². The van der Waals surface area contributed by atoms with E-state index in [4.69, 9.17) is 11.6 Å². The van der Waals surface area contributed by atoms with Crippen molar-refractivity contribution in [2.45, 2.75) is 32.1 Å². The number of halogens is 1. The summed E-state index contributed by atoms with van der Waals surface area (Å²) in [6.07, 6.45) is 5.45. The molecule has 0 radical (unpaired) electrons. The standard InChI is InChI=1S/C27H29FN6O3.C3H8O/c1-32(30)15-23(29)20-13-21(20)25-22(27(36)37)14-31-34(25)17-7-4-6-16(12-17)18-8-5-9-19(24(18)28)26(35)33-10-2-3-11-33;1-3-4-2/h4-9,12,14-15,20-21H,2-3,10-11,13,29-30H2,1H3,(H,36,37);3H2,1-2H3/b23-15-;/t20?,21-;/m1./s1. The highest BCUT2D eigenvalue weighted by atomic mass is 19.1. The minimum absolute atomic E-state index is 0.0469. The van der Waals surface area contributed by atoms with E-state index in [9.17, 15) is 14.7 Å². The number of carboxylic acid groups (broad SMARTS) is 1. The Kier molecular flexibility index (Phi) is 9.41. The summed E-state index contributed by atoms with van der Waals surface area (Å²) in [4.78, 5) is 26.5. The lowest BCUT2D eigenvalue weighted by atomic mass is 10.0. The van der Waals surface area contributed by atoms with Gasteiger partial charge in [-0.3, -0.25) is 4.79 Å². The van der Waals surface area contributed by atoms with E-state index >= 15 is 4.39 Å². The second kappa shape index (κ2) is 13.0. The molecule has 1 saturated carbocycles. The number of aromatic carboxylic acids is 1. The second-order valence-corrected chi connectivity index (χ2v) is 10.2. The van der Waals surface area contributed by atoms with Crippen LogP contribution in [-0.4, -0.2) is 70.5 Å². The number of amides is 1. The zero-order chi connectivity index (χ0) is 29.7. The Morgan fingerprint density at radius 1 is 1.20 bits per heavy atom. The molecule has 2 heterocycles. The number of allylic oxidation sites excluding steroid dienone is 1. The third kappa shape index (κ3) is 6.58. The number of aromatic nitrogens is 2. The van der Waals surface area contributed by atoms with Gasteiger partial charge in [0.15, 0.2) is 0 Å². The first-order valence-electron chi connectivity index (χ1n) is 13.6. The predicted octanol–water partition coefficient (Wildman–Crippen LogP) is 3.97. The van der Waals surface area contributed by atoms with Gasteiger partial charge in [-0.05, 0) is 49.9 Å². The van der Waals surface area contributed by atoms with Gasteiger partial charge in [0.05, 0.1) is 23.1 Å². The molecule has 1 aromatic heterocycles. The molecule has 1 amide bonds. The van der Waals surface area contributed by atoms with Gasteiger partial charge in [0.1, 0.15) is 11.4 Å². The molecule has 10 nitrogen and oxygen atoms in total. The molecule has 41 heavy (non-hydrogen) atoms. The van der Waals surface area contributed by atoms with E-state index in [1.807, 2.05) is 6.92 Å². The van der Waals surface area contributed by atoms with Crippen molar-refractivity contribution in [3.8, 4) is 16.8 Å². The molecule has 1 saturated heterocycles. The summed E-state index contributed by atoms with van der Waals surface area (Å²) in [5, 5.41) is 15.5. The van der Waals surface area contributed by atoms with Gasteiger partial charge in [-0.1, -0.05) is 24.3 Å². The van der Waals surface area contributed by atoms with E-state index in [-0.39, 0.29) is 28.9 Å². The minimum atomic E-state index is -1.08. The van der Waals surface area contributed by atoms with Crippen LogP contribution in [0, 0.1) is 11.7 Å². The smallest absolute Gasteiger partial charge is 0.339 e. The number of nitrogens with two attached hydrogens (primary N) is 2. The molecule has 1 unspecified atom stereocenters. The Hall–Kier alpha value is -4.22. The third-order valence-electron chi connectivity index (χ3n) is 7.27. The van der Waals surface area contributed by atoms with Gasteiger partial charge in [-0.15, -0.1) is 0 Å². The van der Waals surface area contributed by atoms with Crippen LogP contribution in [0.1, 0.15) is 58.5 Å². The molecule has 5 N–H and O–H groups in total. The maximum absolute atomic E-state index is 15.6. The first-order chi connectivity index (χ1) is 19.7. The molecule has 218 valence electrons. The molecule has 2 aromatic carbocycles. The number of hydrazine groups is 1. The van der Waals surface area contributed by atoms with Crippen LogP contribution in [0.4, 0.5) is 4.39 Å². The number of carbonyl (C=O) groups excluding carboxylic acids is 1. The molecule has 11 heteroatoms. The zero-order valence-corrected chi connectivity index (χ0v) is 23.6. The van der Waals surface area contributed by atoms with Crippen LogP contribution < -0.4 is 11.6 Å². The summed E-state index contributed by atoms with van der Waals surface area (Å²) in [5.74, 6) is 3.51. The quantitative estimate of drug-likeness (QED) is 0.276. The Bertz CT molecular complexity index is 1430. The van der Waals surface area contributed by atoms with Crippen molar-refractivity contribution in [3.05, 3.63) is 83.2 Å². The van der Waals surface area contributed by atoms with Crippen LogP contribution in [0.25, 0.3) is 16.8 Å². The van der Waals surface area contributed by atoms with E-state index in [1.165, 1.54) is 17.3 Å². The van der Waals surface area contributed by atoms with E-state index in [1.54, 1.807) is 66.3 Å². The number of benzene rings is 2. The Morgan fingerprint density at radius 3 is 2.51 bits per heavy atom. The van der Waals surface area contributed by atoms with Gasteiger partial charge < -0.3 is 25.5 Å². The van der Waals surface area contributed by atoms with Crippen molar-refractivity contribution in [3.63, 3.8) is 0 Å². The number of hydrogen-bond donors (Lipinski definition) is 3. The average Bonchev–Trinajstić information content (AvgIpc) is 3.33. The molecular formula is C30H37FN6O4. The van der Waals surface area contributed by atoms with Crippen molar-refractivity contribution in [1.29, 1.82) is 0 Å². The van der Waals surface area contributed by atoms with Gasteiger partial charge in [-0.25, -0.2) is 19.7 Å². The largest absolute Gasteiger partial charge is 0.478 e. The van der Waals surface area contributed by atoms with Crippen LogP contribution in [0.5, 0.6) is 0 Å². The lowest BCUT2D eigenvalue weighted by Gasteiger charge is -2.17. The predicted molar refractivity (Wildman–Crippen MR) is 154 cm³/mol. The van der Waals surface area contributed by atoms with Gasteiger partial charge >= 0.3 is 5.97 Å². The number of carbonyl (C=O) groups is 2. The molecule has 2 fully saturated rings. The van der Waals surface area contributed by atoms with Gasteiger partial charge in [0, 0.05) is 63.2 Å². The summed E-state index contributed by atoms with van der Waals surface area (Å²) in [7, 11) is 3.34. The lowest BCUT2D eigenvalue weighted by Crippen LogP contribution is -2.28. The highest BCUT2D eigenvalue weighted by Crippen LogP contribution is 2.51. The minimum Gasteiger partial charge on any atom is -0.478 e. The molecule has 1 aliphatic heterocycles. The molecule has 5 rings (SSSR count). The van der Waals surface area contributed by atoms with Crippen molar-refractivity contribution in [2.75, 3.05) is 33.9 Å². The van der Waals surface area contributed by atoms with Gasteiger partial charge in [-0.2, -0.15) is 5.10 Å². The first kappa shape index (κ1) is 29.8. The number of carboxylic acids is 1. The third-order valence-corrected chi connectivity index (χ3v) is 7.27. The normalized spacial score (nSPS) is 18.1. The van der Waals surface area contributed by atoms with Crippen molar-refractivity contribution < 1.29 is 23.8 Å². The summed E-state index contributed by atoms with van der Waals surface area (Å²) < 4.78 is 21.7. The lowest BCUT2D eigenvalue weighted by molar-refractivity contribution is 0.0694. The highest BCUT2D eigenvalue weighted by Gasteiger charge is 2.45. The number of methoxy groups -OCH3 is 1. The molecule has 0 bridgehead atoms. The van der Waals surface area contributed by atoms with Gasteiger partial charge in [0.2, 0.25) is 0 Å². The maximum Gasteiger partial charge on any atom is 0.339 e. The summed E-state index contributed by atoms with van der Waals surface area (Å²) in [5.41, 5.74) is 8.85. The first-order valence-corrected chi connectivity index (χ1v) is 13.6. The summed E-state index contributed by atoms with van der Waals surface area (Å²) in [6.45, 7) is 4.05. The Labute approximate surface area is 238 Å². The number of likely N-dealkylation sites (tertiary alicyclic amines) is 1. The maximum atomic E-state index is 15.6. The molecular weight excluding hydrogens is 527 g/mol. The SMILES string of the molecule is CCOC.CN(N)/C=C(\N)C1C[C@H]1c1c(C(=O)O)cnn1-c1cccc(-c2cccc(C(=O)N3CCCC3)c2F)c1. The molecule has 3 aromatic rings. The Morgan fingerprint density at radius 2 is 1.88 bits per heavy atom. The van der Waals surface area contributed by atoms with Crippen LogP contribution >= 0.6 is 0 Å². The summed E-state index contributed by atoms with van der Waals surface area (Å²) >= 11 is 0. The van der Waals surface area contributed by atoms with Crippen LogP contribution in [0.3, 0.4) is 0 Å². The fourth-order valence-corrected chi connectivity index (χ4v) is 5.10. The number of nitrogens with zero attached hydrogens (tertiary/aromatic N) is 4. The van der Waals surface area contributed by atoms with Crippen molar-refractivity contribution >= 4 is 11.9 Å². The molecule has 0 spiro atoms. The average molecular weight is 565 g/mol. The number of hydrogen-bond acceptors (Lipinski definition) is 7. The van der Waals surface area contributed by atoms with E-state index in [0.717, 1.165) is 19.4 Å².